The maximum Gasteiger partial charge on any atom is 0.0774 e. The fourth-order valence-electron chi connectivity index (χ4n) is 1.59. The van der Waals surface area contributed by atoms with Crippen LogP contribution in [0.3, 0.4) is 0 Å². The van der Waals surface area contributed by atoms with E-state index in [4.69, 9.17) is 4.74 Å². The Balaban J connectivity index is 3.27. The summed E-state index contributed by atoms with van der Waals surface area (Å²) < 4.78 is 5.54. The summed E-state index contributed by atoms with van der Waals surface area (Å²) in [6.45, 7) is 8.76. The van der Waals surface area contributed by atoms with Crippen LogP contribution in [0.15, 0.2) is 0 Å². The molecule has 1 unspecified atom stereocenters. The second-order valence-electron chi connectivity index (χ2n) is 5.63. The van der Waals surface area contributed by atoms with E-state index in [1.165, 1.54) is 32.1 Å². The first-order valence-electron chi connectivity index (χ1n) is 6.77. The molecular weight excluding hydrogens is 200 g/mol. The van der Waals surface area contributed by atoms with Crippen molar-refractivity contribution in [1.29, 1.82) is 0 Å². The molecule has 1 N–H and O–H groups in total. The zero-order chi connectivity index (χ0) is 12.4. The first kappa shape index (κ1) is 15.9. The SMILES string of the molecule is CCCCCCCCC(O)COC(C)(C)C. The fraction of sp³-hybridized carbons (Fsp3) is 1.00. The Bertz CT molecular complexity index is 149. The van der Waals surface area contributed by atoms with Gasteiger partial charge in [0.15, 0.2) is 0 Å². The Morgan fingerprint density at radius 1 is 1.00 bits per heavy atom. The Morgan fingerprint density at radius 2 is 1.56 bits per heavy atom. The van der Waals surface area contributed by atoms with E-state index in [2.05, 4.69) is 6.92 Å². The molecule has 16 heavy (non-hydrogen) atoms. The van der Waals surface area contributed by atoms with Crippen LogP contribution in [-0.4, -0.2) is 23.4 Å². The van der Waals surface area contributed by atoms with Gasteiger partial charge in [0, 0.05) is 0 Å². The average molecular weight is 230 g/mol. The van der Waals surface area contributed by atoms with Crippen LogP contribution >= 0.6 is 0 Å². The zero-order valence-electron chi connectivity index (χ0n) is 11.6. The largest absolute Gasteiger partial charge is 0.391 e. The van der Waals surface area contributed by atoms with Crippen LogP contribution < -0.4 is 0 Å². The summed E-state index contributed by atoms with van der Waals surface area (Å²) in [4.78, 5) is 0. The molecule has 0 radical (unpaired) electrons. The second kappa shape index (κ2) is 9.00. The minimum absolute atomic E-state index is 0.137. The third-order valence-electron chi connectivity index (χ3n) is 2.60. The third-order valence-corrected chi connectivity index (χ3v) is 2.60. The molecule has 2 heteroatoms. The van der Waals surface area contributed by atoms with Crippen molar-refractivity contribution >= 4 is 0 Å². The van der Waals surface area contributed by atoms with Gasteiger partial charge >= 0.3 is 0 Å². The summed E-state index contributed by atoms with van der Waals surface area (Å²) >= 11 is 0. The summed E-state index contributed by atoms with van der Waals surface area (Å²) in [5.41, 5.74) is -0.137. The van der Waals surface area contributed by atoms with Crippen molar-refractivity contribution in [1.82, 2.24) is 0 Å². The number of rotatable bonds is 9. The molecule has 0 aliphatic rings. The van der Waals surface area contributed by atoms with Crippen molar-refractivity contribution in [3.8, 4) is 0 Å². The van der Waals surface area contributed by atoms with Gasteiger partial charge < -0.3 is 9.84 Å². The quantitative estimate of drug-likeness (QED) is 0.608. The topological polar surface area (TPSA) is 29.5 Å². The van der Waals surface area contributed by atoms with Gasteiger partial charge in [0.25, 0.3) is 0 Å². The summed E-state index contributed by atoms with van der Waals surface area (Å²) in [6, 6.07) is 0. The molecular formula is C14H30O2. The normalized spacial score (nSPS) is 14.1. The second-order valence-corrected chi connectivity index (χ2v) is 5.63. The van der Waals surface area contributed by atoms with E-state index in [0.29, 0.717) is 6.61 Å². The summed E-state index contributed by atoms with van der Waals surface area (Å²) in [6.07, 6.45) is 8.24. The first-order valence-corrected chi connectivity index (χ1v) is 6.77. The highest BCUT2D eigenvalue weighted by molar-refractivity contribution is 4.62. The molecule has 2 nitrogen and oxygen atoms in total. The highest BCUT2D eigenvalue weighted by atomic mass is 16.5. The van der Waals surface area contributed by atoms with Gasteiger partial charge in [0.2, 0.25) is 0 Å². The molecule has 0 aromatic rings. The summed E-state index contributed by atoms with van der Waals surface area (Å²) in [5.74, 6) is 0. The van der Waals surface area contributed by atoms with Crippen molar-refractivity contribution in [3.05, 3.63) is 0 Å². The molecule has 0 aliphatic carbocycles. The van der Waals surface area contributed by atoms with Gasteiger partial charge in [0.05, 0.1) is 18.3 Å². The Hall–Kier alpha value is -0.0800. The highest BCUT2D eigenvalue weighted by Gasteiger charge is 2.13. The number of unbranched alkanes of at least 4 members (excludes halogenated alkanes) is 5. The monoisotopic (exact) mass is 230 g/mol. The van der Waals surface area contributed by atoms with Crippen LogP contribution in [0.25, 0.3) is 0 Å². The standard InChI is InChI=1S/C14H30O2/c1-5-6-7-8-9-10-11-13(15)12-16-14(2,3)4/h13,15H,5-12H2,1-4H3. The molecule has 0 heterocycles. The number of hydrogen-bond donors (Lipinski definition) is 1. The number of aliphatic hydroxyl groups excluding tert-OH is 1. The van der Waals surface area contributed by atoms with Crippen molar-refractivity contribution in [2.75, 3.05) is 6.61 Å². The molecule has 1 atom stereocenters. The van der Waals surface area contributed by atoms with Crippen molar-refractivity contribution < 1.29 is 9.84 Å². The first-order chi connectivity index (χ1) is 7.45. The zero-order valence-corrected chi connectivity index (χ0v) is 11.6. The van der Waals surface area contributed by atoms with Crippen LogP contribution in [0, 0.1) is 0 Å². The maximum atomic E-state index is 9.69. The van der Waals surface area contributed by atoms with Gasteiger partial charge in [-0.3, -0.25) is 0 Å². The van der Waals surface area contributed by atoms with E-state index < -0.39 is 0 Å². The molecule has 0 aromatic carbocycles. The van der Waals surface area contributed by atoms with Gasteiger partial charge in [-0.2, -0.15) is 0 Å². The summed E-state index contributed by atoms with van der Waals surface area (Å²) in [5, 5.41) is 9.69. The molecule has 0 bridgehead atoms. The molecule has 0 saturated carbocycles. The molecule has 0 amide bonds. The van der Waals surface area contributed by atoms with E-state index in [1.807, 2.05) is 20.8 Å². The molecule has 0 rings (SSSR count). The maximum absolute atomic E-state index is 9.69. The van der Waals surface area contributed by atoms with E-state index >= 15 is 0 Å². The molecule has 98 valence electrons. The molecule has 0 saturated heterocycles. The summed E-state index contributed by atoms with van der Waals surface area (Å²) in [7, 11) is 0. The van der Waals surface area contributed by atoms with Crippen LogP contribution in [-0.2, 0) is 4.74 Å². The Morgan fingerprint density at radius 3 is 2.12 bits per heavy atom. The molecule has 0 aromatic heterocycles. The Kier molecular flexibility index (Phi) is 8.96. The minimum Gasteiger partial charge on any atom is -0.391 e. The van der Waals surface area contributed by atoms with Gasteiger partial charge in [-0.15, -0.1) is 0 Å². The van der Waals surface area contributed by atoms with Crippen LogP contribution in [0.2, 0.25) is 0 Å². The lowest BCUT2D eigenvalue weighted by molar-refractivity contribution is -0.0509. The van der Waals surface area contributed by atoms with E-state index in [1.54, 1.807) is 0 Å². The van der Waals surface area contributed by atoms with Crippen molar-refractivity contribution in [2.45, 2.75) is 84.3 Å². The van der Waals surface area contributed by atoms with E-state index in [9.17, 15) is 5.11 Å². The molecule has 0 fully saturated rings. The molecule has 0 aliphatic heterocycles. The predicted octanol–water partition coefficient (Wildman–Crippen LogP) is 3.91. The molecule has 0 spiro atoms. The van der Waals surface area contributed by atoms with Gasteiger partial charge in [-0.25, -0.2) is 0 Å². The highest BCUT2D eigenvalue weighted by Crippen LogP contribution is 2.11. The van der Waals surface area contributed by atoms with E-state index in [0.717, 1.165) is 12.8 Å². The lowest BCUT2D eigenvalue weighted by Gasteiger charge is -2.21. The number of hydrogen-bond acceptors (Lipinski definition) is 2. The van der Waals surface area contributed by atoms with Crippen molar-refractivity contribution in [3.63, 3.8) is 0 Å². The lowest BCUT2D eigenvalue weighted by atomic mass is 10.1. The average Bonchev–Trinajstić information content (AvgIpc) is 2.19. The minimum atomic E-state index is -0.287. The van der Waals surface area contributed by atoms with Crippen LogP contribution in [0.5, 0.6) is 0 Å². The van der Waals surface area contributed by atoms with Crippen LogP contribution in [0.1, 0.15) is 72.6 Å². The predicted molar refractivity (Wildman–Crippen MR) is 69.7 cm³/mol. The van der Waals surface area contributed by atoms with E-state index in [-0.39, 0.29) is 11.7 Å². The number of aliphatic hydroxyl groups is 1. The van der Waals surface area contributed by atoms with Gasteiger partial charge in [-0.1, -0.05) is 45.4 Å². The third kappa shape index (κ3) is 12.0. The Labute approximate surface area is 101 Å². The van der Waals surface area contributed by atoms with Crippen LogP contribution in [0.4, 0.5) is 0 Å². The van der Waals surface area contributed by atoms with Gasteiger partial charge in [0.1, 0.15) is 0 Å². The smallest absolute Gasteiger partial charge is 0.0774 e. The lowest BCUT2D eigenvalue weighted by Crippen LogP contribution is -2.26. The van der Waals surface area contributed by atoms with Gasteiger partial charge in [-0.05, 0) is 27.2 Å². The van der Waals surface area contributed by atoms with Crippen molar-refractivity contribution in [2.24, 2.45) is 0 Å². The number of ether oxygens (including phenoxy) is 1. The fourth-order valence-corrected chi connectivity index (χ4v) is 1.59.